The van der Waals surface area contributed by atoms with E-state index in [0.29, 0.717) is 29.0 Å². The van der Waals surface area contributed by atoms with E-state index in [1.807, 2.05) is 73.3 Å². The summed E-state index contributed by atoms with van der Waals surface area (Å²) in [4.78, 5) is 70.8. The Balaban J connectivity index is 1.04. The fourth-order valence-electron chi connectivity index (χ4n) is 8.97. The highest BCUT2D eigenvalue weighted by atomic mass is 28.3. The fourth-order valence-corrected chi connectivity index (χ4v) is 11.9. The zero-order valence-corrected chi connectivity index (χ0v) is 37.2. The van der Waals surface area contributed by atoms with Gasteiger partial charge in [0.25, 0.3) is 5.92 Å². The number of H-pyrrole nitrogens is 2. The molecular formula is C45H52F2N8O7Si. The van der Waals surface area contributed by atoms with Crippen molar-refractivity contribution in [2.24, 2.45) is 11.8 Å². The van der Waals surface area contributed by atoms with Crippen LogP contribution in [0.15, 0.2) is 65.2 Å². The van der Waals surface area contributed by atoms with Crippen LogP contribution in [-0.4, -0.2) is 111 Å². The molecule has 0 unspecified atom stereocenters. The van der Waals surface area contributed by atoms with Crippen LogP contribution >= 0.6 is 0 Å². The number of furan rings is 1. The van der Waals surface area contributed by atoms with Gasteiger partial charge in [-0.05, 0) is 59.7 Å². The van der Waals surface area contributed by atoms with E-state index in [4.69, 9.17) is 9.40 Å². The van der Waals surface area contributed by atoms with E-state index in [1.54, 1.807) is 20.0 Å². The molecule has 6 aromatic rings. The smallest absolute Gasteiger partial charge is 0.407 e. The van der Waals surface area contributed by atoms with Gasteiger partial charge in [0.1, 0.15) is 41.7 Å². The van der Waals surface area contributed by atoms with Gasteiger partial charge >= 0.3 is 6.09 Å². The number of nitrogens with zero attached hydrogens (tertiary/aromatic N) is 4. The summed E-state index contributed by atoms with van der Waals surface area (Å²) in [6.07, 6.45) is 0.733. The van der Waals surface area contributed by atoms with Crippen molar-refractivity contribution in [3.8, 4) is 22.6 Å². The lowest BCUT2D eigenvalue weighted by atomic mass is 10.0. The average Bonchev–Trinajstić information content (AvgIpc) is 4.09. The SMILES string of the molecule is COC(=O)N[C@H](C(=O)N1CC(F)(F)C[C@H]1c1ncc(-c2ccc3oc(-c4ccc5c(ccc6nc([C@@H]7C[Si](C)(C)CN7C(=O)[C@@H](NC(=O)CO)C(C)C)[nH]c65)c4)cc3c2)[nH]1)C(C)C. The molecule has 3 aromatic carbocycles. The number of carbonyl (C=O) groups excluding carboxylic acids is 4. The van der Waals surface area contributed by atoms with Crippen molar-refractivity contribution < 1.29 is 42.2 Å². The van der Waals surface area contributed by atoms with Crippen molar-refractivity contribution in [1.29, 1.82) is 0 Å². The summed E-state index contributed by atoms with van der Waals surface area (Å²) in [5, 5.41) is 17.3. The van der Waals surface area contributed by atoms with E-state index in [9.17, 15) is 33.1 Å². The minimum atomic E-state index is -3.15. The number of halogens is 2. The Morgan fingerprint density at radius 2 is 1.60 bits per heavy atom. The summed E-state index contributed by atoms with van der Waals surface area (Å²) in [6.45, 7) is 10.2. The molecule has 0 aliphatic carbocycles. The minimum Gasteiger partial charge on any atom is -0.456 e. The summed E-state index contributed by atoms with van der Waals surface area (Å²) in [5.74, 6) is -3.58. The third-order valence-electron chi connectivity index (χ3n) is 12.2. The lowest BCUT2D eigenvalue weighted by Gasteiger charge is -2.30. The first kappa shape index (κ1) is 43.5. The fraction of sp³-hybridized carbons (Fsp3) is 0.422. The van der Waals surface area contributed by atoms with Gasteiger partial charge in [-0.3, -0.25) is 14.4 Å². The molecule has 8 rings (SSSR count). The number of imidazole rings is 2. The molecule has 3 aromatic heterocycles. The van der Waals surface area contributed by atoms with Gasteiger partial charge in [-0.1, -0.05) is 59.0 Å². The van der Waals surface area contributed by atoms with Crippen LogP contribution in [0.4, 0.5) is 13.6 Å². The Morgan fingerprint density at radius 1 is 0.905 bits per heavy atom. The van der Waals surface area contributed by atoms with Gasteiger partial charge in [-0.15, -0.1) is 0 Å². The Kier molecular flexibility index (Phi) is 11.4. The number of alkyl carbamates (subject to hydrolysis) is 1. The number of aromatic amines is 2. The third kappa shape index (κ3) is 8.53. The van der Waals surface area contributed by atoms with E-state index < -0.39 is 69.6 Å². The number of aliphatic hydroxyl groups is 1. The summed E-state index contributed by atoms with van der Waals surface area (Å²) in [6, 6.07) is 15.2. The Hall–Kier alpha value is -6.14. The predicted octanol–water partition coefficient (Wildman–Crippen LogP) is 7.07. The standard InChI is InChI=1S/C45H52F2N8O7Si/c1-23(2)37(51-36(57)19-56)43(59)55-22-63(6,7)20-33(55)41-49-30-12-9-25-14-27(8-11-29(25)39(30)52-41)35-16-28-15-26(10-13-34(28)62-35)31-18-48-40(50-31)32-17-45(46,47)21-54(32)42(58)38(24(3)4)53-44(60)61-5/h8-16,18,23-24,32-33,37-38,56H,17,19-22H2,1-7H3,(H,48,50)(H,49,52)(H,51,57)(H,53,60)/t32-,33-,37-,38-/m0/s1. The van der Waals surface area contributed by atoms with Gasteiger partial charge in [-0.25, -0.2) is 23.5 Å². The highest BCUT2D eigenvalue weighted by molar-refractivity contribution is 6.78. The zero-order valence-electron chi connectivity index (χ0n) is 36.2. The molecule has 0 spiro atoms. The quantitative estimate of drug-likeness (QED) is 0.0845. The Labute approximate surface area is 363 Å². The number of rotatable bonds is 11. The molecule has 0 saturated carbocycles. The van der Waals surface area contributed by atoms with E-state index in [1.165, 1.54) is 7.11 Å². The van der Waals surface area contributed by atoms with E-state index in [-0.39, 0.29) is 29.6 Å². The summed E-state index contributed by atoms with van der Waals surface area (Å²) < 4.78 is 40.8. The average molecular weight is 883 g/mol. The largest absolute Gasteiger partial charge is 0.456 e. The predicted molar refractivity (Wildman–Crippen MR) is 235 cm³/mol. The Morgan fingerprint density at radius 3 is 2.32 bits per heavy atom. The molecule has 332 valence electrons. The summed E-state index contributed by atoms with van der Waals surface area (Å²) in [5.41, 5.74) is 4.42. The van der Waals surface area contributed by atoms with Crippen molar-refractivity contribution in [1.82, 2.24) is 40.4 Å². The molecular weight excluding hydrogens is 831 g/mol. The van der Waals surface area contributed by atoms with Crippen LogP contribution in [0, 0.1) is 11.8 Å². The van der Waals surface area contributed by atoms with Gasteiger partial charge in [0.2, 0.25) is 17.7 Å². The lowest BCUT2D eigenvalue weighted by Crippen LogP contribution is -2.52. The molecule has 2 saturated heterocycles. The molecule has 4 atom stereocenters. The molecule has 18 heteroatoms. The topological polar surface area (TPSA) is 199 Å². The van der Waals surface area contributed by atoms with Gasteiger partial charge in [0.05, 0.1) is 56.7 Å². The van der Waals surface area contributed by atoms with Crippen molar-refractivity contribution in [2.75, 3.05) is 26.4 Å². The van der Waals surface area contributed by atoms with Crippen LogP contribution in [0.5, 0.6) is 0 Å². The number of aromatic nitrogens is 4. The number of hydrogen-bond acceptors (Lipinski definition) is 9. The van der Waals surface area contributed by atoms with Gasteiger partial charge in [0.15, 0.2) is 0 Å². The second kappa shape index (κ2) is 16.5. The molecule has 15 nitrogen and oxygen atoms in total. The number of alkyl halides is 2. The molecule has 4 amide bonds. The molecule has 0 radical (unpaired) electrons. The highest BCUT2D eigenvalue weighted by Crippen LogP contribution is 2.42. The van der Waals surface area contributed by atoms with Crippen LogP contribution in [0.3, 0.4) is 0 Å². The monoisotopic (exact) mass is 882 g/mol. The third-order valence-corrected chi connectivity index (χ3v) is 14.9. The maximum atomic E-state index is 14.9. The molecule has 5 N–H and O–H groups in total. The maximum Gasteiger partial charge on any atom is 0.407 e. The van der Waals surface area contributed by atoms with E-state index >= 15 is 0 Å². The van der Waals surface area contributed by atoms with Crippen molar-refractivity contribution >= 4 is 64.7 Å². The van der Waals surface area contributed by atoms with Crippen molar-refractivity contribution in [3.05, 3.63) is 72.4 Å². The normalized spacial score (nSPS) is 19.4. The van der Waals surface area contributed by atoms with Crippen LogP contribution in [-0.2, 0) is 19.1 Å². The second-order valence-electron chi connectivity index (χ2n) is 18.3. The number of amides is 4. The molecule has 2 aliphatic heterocycles. The number of likely N-dealkylation sites (tertiary alicyclic amines) is 1. The number of methoxy groups -OCH3 is 1. The molecule has 63 heavy (non-hydrogen) atoms. The number of benzene rings is 3. The second-order valence-corrected chi connectivity index (χ2v) is 23.3. The van der Waals surface area contributed by atoms with Crippen LogP contribution in [0.2, 0.25) is 19.1 Å². The zero-order chi connectivity index (χ0) is 45.1. The number of fused-ring (bicyclic) bond motifs is 4. The number of ether oxygens (including phenoxy) is 1. The highest BCUT2D eigenvalue weighted by Gasteiger charge is 2.50. The summed E-state index contributed by atoms with van der Waals surface area (Å²) >= 11 is 0. The number of aliphatic hydroxyl groups excluding tert-OH is 1. The number of carbonyl (C=O) groups is 4. The van der Waals surface area contributed by atoms with Crippen molar-refractivity contribution in [3.63, 3.8) is 0 Å². The van der Waals surface area contributed by atoms with E-state index in [2.05, 4.69) is 43.4 Å². The van der Waals surface area contributed by atoms with Crippen LogP contribution in [0.1, 0.15) is 57.8 Å². The first-order valence-electron chi connectivity index (χ1n) is 21.1. The van der Waals surface area contributed by atoms with Gasteiger partial charge in [0, 0.05) is 34.5 Å². The van der Waals surface area contributed by atoms with Crippen molar-refractivity contribution in [2.45, 2.75) is 83.3 Å². The molecule has 0 bridgehead atoms. The Bertz CT molecular complexity index is 2750. The number of hydrogen-bond donors (Lipinski definition) is 5. The van der Waals surface area contributed by atoms with E-state index in [0.717, 1.165) is 49.3 Å². The lowest BCUT2D eigenvalue weighted by molar-refractivity contribution is -0.139. The van der Waals surface area contributed by atoms with Crippen LogP contribution < -0.4 is 10.6 Å². The number of nitrogens with one attached hydrogen (secondary N) is 4. The first-order chi connectivity index (χ1) is 29.8. The van der Waals surface area contributed by atoms with Gasteiger partial charge < -0.3 is 44.7 Å². The van der Waals surface area contributed by atoms with Crippen LogP contribution in [0.25, 0.3) is 55.4 Å². The molecule has 5 heterocycles. The first-order valence-corrected chi connectivity index (χ1v) is 24.5. The van der Waals surface area contributed by atoms with Gasteiger partial charge in [-0.2, -0.15) is 0 Å². The molecule has 2 aliphatic rings. The maximum absolute atomic E-state index is 14.9. The molecule has 2 fully saturated rings. The summed E-state index contributed by atoms with van der Waals surface area (Å²) in [7, 11) is -0.668. The minimum absolute atomic E-state index is 0.177.